The lowest BCUT2D eigenvalue weighted by Gasteiger charge is -2.11. The van der Waals surface area contributed by atoms with Crippen LogP contribution in [-0.4, -0.2) is 37.6 Å². The van der Waals surface area contributed by atoms with E-state index in [2.05, 4.69) is 5.32 Å². The highest BCUT2D eigenvalue weighted by molar-refractivity contribution is 6.33. The van der Waals surface area contributed by atoms with Gasteiger partial charge in [0.2, 0.25) is 0 Å². The number of esters is 1. The number of nitrogens with one attached hydrogen (secondary N) is 1. The van der Waals surface area contributed by atoms with E-state index in [-0.39, 0.29) is 16.3 Å². The Balaban J connectivity index is 1.97. The van der Waals surface area contributed by atoms with Gasteiger partial charge in [0.25, 0.3) is 11.6 Å². The average Bonchev–Trinajstić information content (AvgIpc) is 2.65. The Bertz CT molecular complexity index is 886. The second-order valence-corrected chi connectivity index (χ2v) is 5.52. The van der Waals surface area contributed by atoms with E-state index in [1.165, 1.54) is 14.2 Å². The second kappa shape index (κ2) is 8.86. The SMILES string of the molecule is COc1ccc(NC(=O)COC(=O)c2ccc([N+](=O)[O-])cc2Cl)cc1OC. The van der Waals surface area contributed by atoms with Crippen LogP contribution in [0.2, 0.25) is 5.02 Å². The number of rotatable bonds is 7. The summed E-state index contributed by atoms with van der Waals surface area (Å²) in [4.78, 5) is 34.0. The van der Waals surface area contributed by atoms with Crippen molar-refractivity contribution < 1.29 is 28.7 Å². The van der Waals surface area contributed by atoms with Crippen LogP contribution in [-0.2, 0) is 9.53 Å². The van der Waals surface area contributed by atoms with Gasteiger partial charge in [-0.3, -0.25) is 14.9 Å². The molecule has 0 spiro atoms. The molecule has 0 saturated carbocycles. The van der Waals surface area contributed by atoms with Gasteiger partial charge in [-0.1, -0.05) is 11.6 Å². The molecule has 0 fully saturated rings. The molecule has 0 radical (unpaired) electrons. The zero-order chi connectivity index (χ0) is 20.0. The number of nitro benzene ring substituents is 1. The molecule has 0 heterocycles. The Morgan fingerprint density at radius 2 is 1.81 bits per heavy atom. The molecule has 1 N–H and O–H groups in total. The van der Waals surface area contributed by atoms with E-state index in [1.54, 1.807) is 18.2 Å². The Kier molecular flexibility index (Phi) is 6.56. The normalized spacial score (nSPS) is 10.0. The number of amides is 1. The smallest absolute Gasteiger partial charge is 0.340 e. The quantitative estimate of drug-likeness (QED) is 0.435. The van der Waals surface area contributed by atoms with E-state index < -0.39 is 23.4 Å². The number of benzene rings is 2. The first-order valence-corrected chi connectivity index (χ1v) is 7.86. The van der Waals surface area contributed by atoms with E-state index in [9.17, 15) is 19.7 Å². The van der Waals surface area contributed by atoms with Gasteiger partial charge in [0.15, 0.2) is 18.1 Å². The standard InChI is InChI=1S/C17H15ClN2O7/c1-25-14-6-3-10(7-15(14)26-2)19-16(21)9-27-17(22)12-5-4-11(20(23)24)8-13(12)18/h3-8H,9H2,1-2H3,(H,19,21). The molecule has 0 aliphatic heterocycles. The minimum Gasteiger partial charge on any atom is -0.493 e. The summed E-state index contributed by atoms with van der Waals surface area (Å²) in [5.74, 6) is -0.550. The number of nitrogens with zero attached hydrogens (tertiary/aromatic N) is 1. The summed E-state index contributed by atoms with van der Waals surface area (Å²) in [7, 11) is 2.94. The monoisotopic (exact) mass is 394 g/mol. The zero-order valence-electron chi connectivity index (χ0n) is 14.4. The van der Waals surface area contributed by atoms with Gasteiger partial charge in [-0.05, 0) is 18.2 Å². The first-order chi connectivity index (χ1) is 12.8. The summed E-state index contributed by atoms with van der Waals surface area (Å²) in [5, 5.41) is 13.1. The lowest BCUT2D eigenvalue weighted by atomic mass is 10.2. The highest BCUT2D eigenvalue weighted by Crippen LogP contribution is 2.29. The first kappa shape index (κ1) is 20.0. The molecule has 0 aliphatic carbocycles. The largest absolute Gasteiger partial charge is 0.493 e. The Labute approximate surface area is 158 Å². The van der Waals surface area contributed by atoms with Crippen LogP contribution in [0.3, 0.4) is 0 Å². The molecule has 0 saturated heterocycles. The lowest BCUT2D eigenvalue weighted by Crippen LogP contribution is -2.21. The van der Waals surface area contributed by atoms with Crippen molar-refractivity contribution in [2.75, 3.05) is 26.1 Å². The fraction of sp³-hybridized carbons (Fsp3) is 0.176. The second-order valence-electron chi connectivity index (χ2n) is 5.12. The van der Waals surface area contributed by atoms with Gasteiger partial charge in [0.05, 0.1) is 29.7 Å². The minimum atomic E-state index is -0.877. The molecule has 10 heteroatoms. The van der Waals surface area contributed by atoms with Crippen LogP contribution < -0.4 is 14.8 Å². The van der Waals surface area contributed by atoms with E-state index in [0.717, 1.165) is 18.2 Å². The molecular weight excluding hydrogens is 380 g/mol. The summed E-state index contributed by atoms with van der Waals surface area (Å²) in [6, 6.07) is 8.06. The van der Waals surface area contributed by atoms with Crippen LogP contribution >= 0.6 is 11.6 Å². The summed E-state index contributed by atoms with van der Waals surface area (Å²) in [6.45, 7) is -0.569. The van der Waals surface area contributed by atoms with E-state index in [1.807, 2.05) is 0 Å². The van der Waals surface area contributed by atoms with Gasteiger partial charge in [-0.2, -0.15) is 0 Å². The maximum absolute atomic E-state index is 12.0. The van der Waals surface area contributed by atoms with Crippen molar-refractivity contribution in [3.05, 3.63) is 57.1 Å². The van der Waals surface area contributed by atoms with Gasteiger partial charge >= 0.3 is 5.97 Å². The molecule has 27 heavy (non-hydrogen) atoms. The van der Waals surface area contributed by atoms with Crippen LogP contribution in [0, 0.1) is 10.1 Å². The van der Waals surface area contributed by atoms with Crippen LogP contribution in [0.15, 0.2) is 36.4 Å². The third-order valence-electron chi connectivity index (χ3n) is 3.39. The predicted molar refractivity (Wildman–Crippen MR) is 96.6 cm³/mol. The van der Waals surface area contributed by atoms with Gasteiger partial charge in [0, 0.05) is 23.9 Å². The topological polar surface area (TPSA) is 117 Å². The summed E-state index contributed by atoms with van der Waals surface area (Å²) in [6.07, 6.45) is 0. The molecule has 9 nitrogen and oxygen atoms in total. The number of methoxy groups -OCH3 is 2. The lowest BCUT2D eigenvalue weighted by molar-refractivity contribution is -0.384. The van der Waals surface area contributed by atoms with Crippen LogP contribution in [0.25, 0.3) is 0 Å². The van der Waals surface area contributed by atoms with Crippen molar-refractivity contribution in [3.8, 4) is 11.5 Å². The predicted octanol–water partition coefficient (Wildman–Crippen LogP) is 3.06. The van der Waals surface area contributed by atoms with Crippen LogP contribution in [0.5, 0.6) is 11.5 Å². The number of halogens is 1. The first-order valence-electron chi connectivity index (χ1n) is 7.48. The Morgan fingerprint density at radius 1 is 1.11 bits per heavy atom. The van der Waals surface area contributed by atoms with Crippen molar-refractivity contribution in [1.29, 1.82) is 0 Å². The van der Waals surface area contributed by atoms with E-state index in [0.29, 0.717) is 17.2 Å². The summed E-state index contributed by atoms with van der Waals surface area (Å²) >= 11 is 5.84. The van der Waals surface area contributed by atoms with Crippen molar-refractivity contribution in [2.24, 2.45) is 0 Å². The maximum atomic E-state index is 12.0. The van der Waals surface area contributed by atoms with Gasteiger partial charge in [0.1, 0.15) is 0 Å². The van der Waals surface area contributed by atoms with Crippen molar-refractivity contribution >= 4 is 34.9 Å². The molecule has 1 amide bonds. The van der Waals surface area contributed by atoms with E-state index >= 15 is 0 Å². The maximum Gasteiger partial charge on any atom is 0.340 e. The van der Waals surface area contributed by atoms with Crippen molar-refractivity contribution in [1.82, 2.24) is 0 Å². The summed E-state index contributed by atoms with van der Waals surface area (Å²) in [5.41, 5.74) is 0.0750. The molecule has 0 aliphatic rings. The van der Waals surface area contributed by atoms with Crippen LogP contribution in [0.1, 0.15) is 10.4 Å². The zero-order valence-corrected chi connectivity index (χ0v) is 15.1. The number of carbonyl (C=O) groups excluding carboxylic acids is 2. The number of carbonyl (C=O) groups is 2. The van der Waals surface area contributed by atoms with Crippen molar-refractivity contribution in [3.63, 3.8) is 0 Å². The third-order valence-corrected chi connectivity index (χ3v) is 3.70. The molecule has 0 aromatic heterocycles. The number of nitro groups is 1. The molecule has 2 aromatic rings. The number of anilines is 1. The van der Waals surface area contributed by atoms with Gasteiger partial charge in [-0.15, -0.1) is 0 Å². The molecule has 2 rings (SSSR count). The molecule has 142 valence electrons. The fourth-order valence-corrected chi connectivity index (χ4v) is 2.35. The number of hydrogen-bond donors (Lipinski definition) is 1. The molecular formula is C17H15ClN2O7. The highest BCUT2D eigenvalue weighted by atomic mass is 35.5. The van der Waals surface area contributed by atoms with Gasteiger partial charge < -0.3 is 19.5 Å². The minimum absolute atomic E-state index is 0.0822. The molecule has 0 atom stereocenters. The summed E-state index contributed by atoms with van der Waals surface area (Å²) < 4.78 is 15.1. The highest BCUT2D eigenvalue weighted by Gasteiger charge is 2.17. The number of ether oxygens (including phenoxy) is 3. The van der Waals surface area contributed by atoms with E-state index in [4.69, 9.17) is 25.8 Å². The van der Waals surface area contributed by atoms with Crippen LogP contribution in [0.4, 0.5) is 11.4 Å². The van der Waals surface area contributed by atoms with Crippen molar-refractivity contribution in [2.45, 2.75) is 0 Å². The van der Waals surface area contributed by atoms with Gasteiger partial charge in [-0.25, -0.2) is 4.79 Å². The Morgan fingerprint density at radius 3 is 2.41 bits per heavy atom. The number of non-ortho nitro benzene ring substituents is 1. The average molecular weight is 395 g/mol. The molecule has 0 bridgehead atoms. The third kappa shape index (κ3) is 5.08. The number of hydrogen-bond acceptors (Lipinski definition) is 7. The fourth-order valence-electron chi connectivity index (χ4n) is 2.10. The molecule has 2 aromatic carbocycles. The Hall–Kier alpha value is -3.33. The molecule has 0 unspecified atom stereocenters.